The number of urea groups is 1. The van der Waals surface area contributed by atoms with Crippen LogP contribution in [0.25, 0.3) is 33.4 Å². The molecule has 0 aliphatic carbocycles. The van der Waals surface area contributed by atoms with Crippen molar-refractivity contribution in [3.63, 3.8) is 0 Å². The normalized spacial score (nSPS) is 11.5. The Bertz CT molecular complexity index is 1850. The molecule has 0 fully saturated rings. The first-order valence-electron chi connectivity index (χ1n) is 12.8. The summed E-state index contributed by atoms with van der Waals surface area (Å²) in [5.74, 6) is 0.0880. The lowest BCUT2D eigenvalue weighted by atomic mass is 10.1. The summed E-state index contributed by atoms with van der Waals surface area (Å²) < 4.78 is 22.6. The fourth-order valence-corrected chi connectivity index (χ4v) is 4.21. The van der Waals surface area contributed by atoms with Gasteiger partial charge in [0, 0.05) is 47.2 Å². The number of nitrogens with zero attached hydrogens (tertiary/aromatic N) is 5. The number of anilines is 2. The van der Waals surface area contributed by atoms with Crippen molar-refractivity contribution in [1.82, 2.24) is 35.2 Å². The summed E-state index contributed by atoms with van der Waals surface area (Å²) in [6.07, 6.45) is 8.44. The number of nitrogens with one attached hydrogen (secondary N) is 4. The van der Waals surface area contributed by atoms with Crippen LogP contribution in [0.4, 0.5) is 20.6 Å². The van der Waals surface area contributed by atoms with Crippen molar-refractivity contribution in [1.29, 1.82) is 0 Å². The van der Waals surface area contributed by atoms with Crippen molar-refractivity contribution in [2.45, 2.75) is 26.3 Å². The predicted molar refractivity (Wildman–Crippen MR) is 153 cm³/mol. The van der Waals surface area contributed by atoms with Gasteiger partial charge in [-0.2, -0.15) is 15.3 Å². The van der Waals surface area contributed by atoms with Gasteiger partial charge in [-0.25, -0.2) is 9.18 Å². The molecule has 0 unspecified atom stereocenters. The molecule has 0 spiro atoms. The number of benzene rings is 2. The minimum Gasteiger partial charge on any atom is -0.457 e. The Morgan fingerprint density at radius 3 is 2.56 bits per heavy atom. The lowest BCUT2D eigenvalue weighted by Gasteiger charge is -2.18. The van der Waals surface area contributed by atoms with Gasteiger partial charge >= 0.3 is 6.03 Å². The van der Waals surface area contributed by atoms with Crippen LogP contribution in [0.1, 0.15) is 20.8 Å². The molecule has 0 radical (unpaired) electrons. The van der Waals surface area contributed by atoms with Crippen LogP contribution in [0.5, 0.6) is 11.5 Å². The van der Waals surface area contributed by atoms with E-state index in [1.807, 2.05) is 39.0 Å². The van der Waals surface area contributed by atoms with Gasteiger partial charge in [-0.05, 0) is 51.1 Å². The van der Waals surface area contributed by atoms with E-state index in [4.69, 9.17) is 9.84 Å². The van der Waals surface area contributed by atoms with Crippen molar-refractivity contribution in [3.8, 4) is 34.0 Å². The molecule has 2 aromatic carbocycles. The Kier molecular flexibility index (Phi) is 6.42. The van der Waals surface area contributed by atoms with E-state index in [0.717, 1.165) is 22.0 Å². The second-order valence-electron chi connectivity index (χ2n) is 10.4. The van der Waals surface area contributed by atoms with Gasteiger partial charge in [0.1, 0.15) is 23.0 Å². The van der Waals surface area contributed by atoms with Crippen molar-refractivity contribution in [2.24, 2.45) is 0 Å². The number of rotatable bonds is 6. The Labute approximate surface area is 233 Å². The first kappa shape index (κ1) is 25.7. The van der Waals surface area contributed by atoms with Gasteiger partial charge in [0.05, 0.1) is 40.5 Å². The predicted octanol–water partition coefficient (Wildman–Crippen LogP) is 6.54. The summed E-state index contributed by atoms with van der Waals surface area (Å²) in [5.41, 5.74) is 3.87. The molecule has 0 saturated heterocycles. The fourth-order valence-electron chi connectivity index (χ4n) is 4.21. The van der Waals surface area contributed by atoms with Gasteiger partial charge in [0.2, 0.25) is 0 Å². The van der Waals surface area contributed by atoms with E-state index in [1.54, 1.807) is 53.9 Å². The molecule has 6 aromatic rings. The molecule has 2 amide bonds. The summed E-state index contributed by atoms with van der Waals surface area (Å²) in [4.78, 5) is 17.3. The highest BCUT2D eigenvalue weighted by Gasteiger charge is 2.21. The molecule has 0 aliphatic heterocycles. The third-order valence-corrected chi connectivity index (χ3v) is 6.31. The van der Waals surface area contributed by atoms with Crippen molar-refractivity contribution >= 4 is 28.3 Å². The van der Waals surface area contributed by atoms with Gasteiger partial charge in [0.25, 0.3) is 0 Å². The number of hydrogen-bond donors (Lipinski definition) is 4. The Balaban J connectivity index is 1.19. The van der Waals surface area contributed by atoms with Crippen LogP contribution in [0.3, 0.4) is 0 Å². The second kappa shape index (κ2) is 10.2. The lowest BCUT2D eigenvalue weighted by molar-refractivity contribution is 0.262. The SMILES string of the molecule is CC(C)(C)n1cc(NC(=O)Nc2ccc(Oc3ccnc(-c4cn[nH]c4)c3)cc2F)c(-c2ccc3[nH]ncc3c2)n1. The minimum atomic E-state index is -0.655. The smallest absolute Gasteiger partial charge is 0.323 e. The number of hydrogen-bond acceptors (Lipinski definition) is 6. The van der Waals surface area contributed by atoms with Crippen LogP contribution in [-0.4, -0.2) is 41.2 Å². The topological polar surface area (TPSA) is 138 Å². The maximum atomic E-state index is 15.0. The van der Waals surface area contributed by atoms with Gasteiger partial charge in [-0.15, -0.1) is 0 Å². The van der Waals surface area contributed by atoms with E-state index >= 15 is 4.39 Å². The van der Waals surface area contributed by atoms with E-state index in [1.165, 1.54) is 12.1 Å². The van der Waals surface area contributed by atoms with Crippen LogP contribution < -0.4 is 15.4 Å². The van der Waals surface area contributed by atoms with E-state index in [2.05, 4.69) is 36.0 Å². The Morgan fingerprint density at radius 1 is 0.951 bits per heavy atom. The number of pyridine rings is 1. The molecule has 0 bridgehead atoms. The summed E-state index contributed by atoms with van der Waals surface area (Å²) in [7, 11) is 0. The molecule has 0 saturated carbocycles. The number of H-pyrrole nitrogens is 2. The number of aromatic amines is 2. The molecule has 4 N–H and O–H groups in total. The monoisotopic (exact) mass is 551 g/mol. The molecular formula is C29H26FN9O2. The zero-order chi connectivity index (χ0) is 28.6. The van der Waals surface area contributed by atoms with Crippen molar-refractivity contribution < 1.29 is 13.9 Å². The largest absolute Gasteiger partial charge is 0.457 e. The van der Waals surface area contributed by atoms with Crippen LogP contribution in [0.15, 0.2) is 79.5 Å². The van der Waals surface area contributed by atoms with E-state index in [-0.39, 0.29) is 17.0 Å². The highest BCUT2D eigenvalue weighted by molar-refractivity contribution is 6.02. The summed E-state index contributed by atoms with van der Waals surface area (Å²) >= 11 is 0. The Hall–Kier alpha value is -5.52. The molecule has 11 nitrogen and oxygen atoms in total. The summed E-state index contributed by atoms with van der Waals surface area (Å²) in [6.45, 7) is 6.03. The van der Waals surface area contributed by atoms with Gasteiger partial charge < -0.3 is 15.4 Å². The second-order valence-corrected chi connectivity index (χ2v) is 10.4. The molecule has 12 heteroatoms. The van der Waals surface area contributed by atoms with Gasteiger partial charge in [-0.1, -0.05) is 6.07 Å². The van der Waals surface area contributed by atoms with Gasteiger partial charge in [0.15, 0.2) is 0 Å². The zero-order valence-corrected chi connectivity index (χ0v) is 22.4. The summed E-state index contributed by atoms with van der Waals surface area (Å²) in [6, 6.07) is 12.7. The zero-order valence-electron chi connectivity index (χ0n) is 22.4. The molecule has 4 aromatic heterocycles. The average Bonchev–Trinajstić information content (AvgIpc) is 3.71. The first-order valence-corrected chi connectivity index (χ1v) is 12.8. The Morgan fingerprint density at radius 2 is 1.78 bits per heavy atom. The summed E-state index contributed by atoms with van der Waals surface area (Å²) in [5, 5.41) is 24.7. The lowest BCUT2D eigenvalue weighted by Crippen LogP contribution is -2.22. The van der Waals surface area contributed by atoms with Crippen molar-refractivity contribution in [2.75, 3.05) is 10.6 Å². The average molecular weight is 552 g/mol. The fraction of sp³-hybridized carbons (Fsp3) is 0.138. The van der Waals surface area contributed by atoms with Crippen LogP contribution >= 0.6 is 0 Å². The molecule has 6 rings (SSSR count). The number of aromatic nitrogens is 7. The van der Waals surface area contributed by atoms with Crippen LogP contribution in [0, 0.1) is 5.82 Å². The van der Waals surface area contributed by atoms with Gasteiger partial charge in [-0.3, -0.25) is 19.9 Å². The number of carbonyl (C=O) groups excluding carboxylic acids is 1. The third-order valence-electron chi connectivity index (χ3n) is 6.31. The molecule has 0 atom stereocenters. The maximum Gasteiger partial charge on any atom is 0.323 e. The number of carbonyl (C=O) groups is 1. The van der Waals surface area contributed by atoms with Crippen LogP contribution in [0.2, 0.25) is 0 Å². The van der Waals surface area contributed by atoms with E-state index < -0.39 is 11.8 Å². The highest BCUT2D eigenvalue weighted by Crippen LogP contribution is 2.32. The molecule has 4 heterocycles. The van der Waals surface area contributed by atoms with Crippen molar-refractivity contribution in [3.05, 3.63) is 85.3 Å². The number of amides is 2. The quantitative estimate of drug-likeness (QED) is 0.185. The number of fused-ring (bicyclic) bond motifs is 1. The standard InChI is InChI=1S/C29H26FN9O2/c1-29(2,3)39-16-26(27(38-39)17-4-6-23-18(10-17)13-34-37-23)36-28(40)35-24-7-5-20(11-22(24)30)41-21-8-9-31-25(12-21)19-14-32-33-15-19/h4-16H,1-3H3,(H,32,33)(H,34,37)(H2,35,36,40). The molecule has 206 valence electrons. The third kappa shape index (κ3) is 5.48. The molecule has 41 heavy (non-hydrogen) atoms. The highest BCUT2D eigenvalue weighted by atomic mass is 19.1. The van der Waals surface area contributed by atoms with E-state index in [9.17, 15) is 4.79 Å². The van der Waals surface area contributed by atoms with Crippen LogP contribution in [-0.2, 0) is 5.54 Å². The minimum absolute atomic E-state index is 0.00626. The number of halogens is 1. The number of ether oxygens (including phenoxy) is 1. The maximum absolute atomic E-state index is 15.0. The molecule has 0 aliphatic rings. The first-order chi connectivity index (χ1) is 19.7. The molecular weight excluding hydrogens is 525 g/mol. The van der Waals surface area contributed by atoms with E-state index in [0.29, 0.717) is 22.8 Å².